The summed E-state index contributed by atoms with van der Waals surface area (Å²) in [6.45, 7) is 0. The van der Waals surface area contributed by atoms with Gasteiger partial charge in [-0.05, 0) is 74.9 Å². The Morgan fingerprint density at radius 2 is 1.65 bits per heavy atom. The molecule has 2 aromatic carbocycles. The molecule has 0 saturated heterocycles. The van der Waals surface area contributed by atoms with Crippen molar-refractivity contribution >= 4 is 27.5 Å². The van der Waals surface area contributed by atoms with Gasteiger partial charge in [-0.1, -0.05) is 0 Å². The molecular formula is C17H12BrN7O. The molecule has 0 aliphatic carbocycles. The summed E-state index contributed by atoms with van der Waals surface area (Å²) in [5.41, 5.74) is 2.93. The smallest absolute Gasteiger partial charge is 0.255 e. The topological polar surface area (TPSA) is 90.5 Å². The number of aromatic nitrogens is 6. The van der Waals surface area contributed by atoms with E-state index in [4.69, 9.17) is 0 Å². The van der Waals surface area contributed by atoms with E-state index in [1.807, 2.05) is 30.5 Å². The highest BCUT2D eigenvalue weighted by atomic mass is 79.9. The van der Waals surface area contributed by atoms with Crippen molar-refractivity contribution < 1.29 is 4.79 Å². The van der Waals surface area contributed by atoms with Gasteiger partial charge in [0.1, 0.15) is 6.33 Å². The van der Waals surface area contributed by atoms with Crippen LogP contribution in [-0.2, 0) is 0 Å². The SMILES string of the molecule is O=C(Nc1ccc(-n2cnnn2)cc1)c1ccc(-n2cc(Br)cn2)cc1. The van der Waals surface area contributed by atoms with Crippen LogP contribution in [0.2, 0.25) is 0 Å². The van der Waals surface area contributed by atoms with Gasteiger partial charge in [-0.25, -0.2) is 9.36 Å². The highest BCUT2D eigenvalue weighted by molar-refractivity contribution is 9.10. The minimum Gasteiger partial charge on any atom is -0.322 e. The number of nitrogens with zero attached hydrogens (tertiary/aromatic N) is 6. The van der Waals surface area contributed by atoms with Crippen molar-refractivity contribution in [2.75, 3.05) is 5.32 Å². The van der Waals surface area contributed by atoms with Crippen LogP contribution in [-0.4, -0.2) is 35.9 Å². The zero-order valence-corrected chi connectivity index (χ0v) is 14.9. The molecule has 0 fully saturated rings. The zero-order valence-electron chi connectivity index (χ0n) is 13.3. The van der Waals surface area contributed by atoms with Gasteiger partial charge in [0.2, 0.25) is 0 Å². The molecule has 9 heteroatoms. The normalized spacial score (nSPS) is 10.7. The number of amides is 1. The number of hydrogen-bond donors (Lipinski definition) is 1. The molecule has 0 spiro atoms. The summed E-state index contributed by atoms with van der Waals surface area (Å²) < 4.78 is 4.16. The molecule has 0 aliphatic heterocycles. The maximum Gasteiger partial charge on any atom is 0.255 e. The maximum absolute atomic E-state index is 12.4. The molecule has 1 N–H and O–H groups in total. The molecule has 0 radical (unpaired) electrons. The summed E-state index contributed by atoms with van der Waals surface area (Å²) in [4.78, 5) is 12.4. The van der Waals surface area contributed by atoms with E-state index in [2.05, 4.69) is 41.9 Å². The highest BCUT2D eigenvalue weighted by Gasteiger charge is 2.07. The van der Waals surface area contributed by atoms with E-state index in [9.17, 15) is 4.79 Å². The van der Waals surface area contributed by atoms with Crippen molar-refractivity contribution in [2.45, 2.75) is 0 Å². The van der Waals surface area contributed by atoms with Crippen molar-refractivity contribution in [3.63, 3.8) is 0 Å². The molecule has 8 nitrogen and oxygen atoms in total. The van der Waals surface area contributed by atoms with E-state index in [-0.39, 0.29) is 5.91 Å². The van der Waals surface area contributed by atoms with E-state index in [0.717, 1.165) is 15.8 Å². The molecule has 0 bridgehead atoms. The molecule has 26 heavy (non-hydrogen) atoms. The lowest BCUT2D eigenvalue weighted by Gasteiger charge is -2.07. The average Bonchev–Trinajstić information content (AvgIpc) is 3.34. The predicted molar refractivity (Wildman–Crippen MR) is 98.4 cm³/mol. The van der Waals surface area contributed by atoms with Gasteiger partial charge in [0.05, 0.1) is 22.0 Å². The number of rotatable bonds is 4. The Morgan fingerprint density at radius 1 is 0.962 bits per heavy atom. The molecule has 2 heterocycles. The summed E-state index contributed by atoms with van der Waals surface area (Å²) >= 11 is 3.36. The van der Waals surface area contributed by atoms with Gasteiger partial charge in [-0.3, -0.25) is 4.79 Å². The molecule has 128 valence electrons. The van der Waals surface area contributed by atoms with Crippen LogP contribution in [0.1, 0.15) is 10.4 Å². The fourth-order valence-electron chi connectivity index (χ4n) is 2.39. The first-order chi connectivity index (χ1) is 12.7. The molecular weight excluding hydrogens is 398 g/mol. The van der Waals surface area contributed by atoms with E-state index in [1.54, 1.807) is 35.1 Å². The lowest BCUT2D eigenvalue weighted by molar-refractivity contribution is 0.102. The largest absolute Gasteiger partial charge is 0.322 e. The number of carbonyl (C=O) groups is 1. The standard InChI is InChI=1S/C17H12BrN7O/c18-13-9-20-24(10-13)15-5-1-12(2-6-15)17(26)21-14-3-7-16(8-4-14)25-11-19-22-23-25/h1-11H,(H,21,26). The molecule has 0 saturated carbocycles. The lowest BCUT2D eigenvalue weighted by atomic mass is 10.2. The van der Waals surface area contributed by atoms with Crippen molar-refractivity contribution in [1.82, 2.24) is 30.0 Å². The van der Waals surface area contributed by atoms with Gasteiger partial charge >= 0.3 is 0 Å². The van der Waals surface area contributed by atoms with Crippen LogP contribution in [0.4, 0.5) is 5.69 Å². The minimum atomic E-state index is -0.187. The summed E-state index contributed by atoms with van der Waals surface area (Å²) in [6.07, 6.45) is 5.06. The van der Waals surface area contributed by atoms with Gasteiger partial charge in [0.15, 0.2) is 0 Å². The first-order valence-corrected chi connectivity index (χ1v) is 8.44. The van der Waals surface area contributed by atoms with Crippen molar-refractivity contribution in [3.8, 4) is 11.4 Å². The third-order valence-electron chi connectivity index (χ3n) is 3.68. The van der Waals surface area contributed by atoms with Gasteiger partial charge in [0, 0.05) is 17.4 Å². The number of anilines is 1. The number of halogens is 1. The fraction of sp³-hybridized carbons (Fsp3) is 0. The van der Waals surface area contributed by atoms with Gasteiger partial charge in [-0.2, -0.15) is 5.10 Å². The fourth-order valence-corrected chi connectivity index (χ4v) is 2.67. The Hall–Kier alpha value is -3.33. The number of hydrogen-bond acceptors (Lipinski definition) is 5. The van der Waals surface area contributed by atoms with Crippen LogP contribution in [0.5, 0.6) is 0 Å². The number of tetrazole rings is 1. The van der Waals surface area contributed by atoms with Crippen LogP contribution >= 0.6 is 15.9 Å². The van der Waals surface area contributed by atoms with Gasteiger partial charge in [0.25, 0.3) is 5.91 Å². The third-order valence-corrected chi connectivity index (χ3v) is 4.09. The summed E-state index contributed by atoms with van der Waals surface area (Å²) in [5.74, 6) is -0.187. The van der Waals surface area contributed by atoms with E-state index < -0.39 is 0 Å². The lowest BCUT2D eigenvalue weighted by Crippen LogP contribution is -2.12. The Balaban J connectivity index is 1.46. The van der Waals surface area contributed by atoms with Crippen LogP contribution < -0.4 is 5.32 Å². The zero-order chi connectivity index (χ0) is 17.9. The van der Waals surface area contributed by atoms with Gasteiger partial charge < -0.3 is 5.32 Å². The number of benzene rings is 2. The molecule has 2 aromatic heterocycles. The Bertz CT molecular complexity index is 1020. The summed E-state index contributed by atoms with van der Waals surface area (Å²) in [5, 5.41) is 18.1. The molecule has 0 aliphatic rings. The molecule has 0 atom stereocenters. The van der Waals surface area contributed by atoms with Crippen LogP contribution in [0.15, 0.2) is 71.7 Å². The average molecular weight is 410 g/mol. The van der Waals surface area contributed by atoms with E-state index >= 15 is 0 Å². The van der Waals surface area contributed by atoms with E-state index in [1.165, 1.54) is 11.0 Å². The quantitative estimate of drug-likeness (QED) is 0.559. The Labute approximate surface area is 156 Å². The second kappa shape index (κ2) is 6.89. The van der Waals surface area contributed by atoms with Crippen molar-refractivity contribution in [1.29, 1.82) is 0 Å². The predicted octanol–water partition coefficient (Wildman–Crippen LogP) is 2.86. The Morgan fingerprint density at radius 3 is 2.27 bits per heavy atom. The number of nitrogens with one attached hydrogen (secondary N) is 1. The molecule has 1 amide bonds. The molecule has 0 unspecified atom stereocenters. The monoisotopic (exact) mass is 409 g/mol. The van der Waals surface area contributed by atoms with E-state index in [0.29, 0.717) is 11.3 Å². The van der Waals surface area contributed by atoms with Gasteiger partial charge in [-0.15, -0.1) is 5.10 Å². The first kappa shape index (κ1) is 16.2. The summed E-state index contributed by atoms with van der Waals surface area (Å²) in [6, 6.07) is 14.4. The van der Waals surface area contributed by atoms with Crippen LogP contribution in [0.25, 0.3) is 11.4 Å². The summed E-state index contributed by atoms with van der Waals surface area (Å²) in [7, 11) is 0. The second-order valence-electron chi connectivity index (χ2n) is 5.41. The third kappa shape index (κ3) is 3.38. The number of carbonyl (C=O) groups excluding carboxylic acids is 1. The molecule has 4 rings (SSSR count). The van der Waals surface area contributed by atoms with Crippen molar-refractivity contribution in [2.24, 2.45) is 0 Å². The maximum atomic E-state index is 12.4. The second-order valence-corrected chi connectivity index (χ2v) is 6.32. The van der Waals surface area contributed by atoms with Crippen molar-refractivity contribution in [3.05, 3.63) is 77.3 Å². The van der Waals surface area contributed by atoms with Crippen LogP contribution in [0.3, 0.4) is 0 Å². The van der Waals surface area contributed by atoms with Crippen LogP contribution in [0, 0.1) is 0 Å². The minimum absolute atomic E-state index is 0.187. The molecule has 4 aromatic rings. The Kier molecular flexibility index (Phi) is 4.28. The first-order valence-electron chi connectivity index (χ1n) is 7.64. The highest BCUT2D eigenvalue weighted by Crippen LogP contribution is 2.16.